The van der Waals surface area contributed by atoms with E-state index < -0.39 is 21.7 Å². The lowest BCUT2D eigenvalue weighted by molar-refractivity contribution is -0.123. The average Bonchev–Trinajstić information content (AvgIpc) is 2.70. The van der Waals surface area contributed by atoms with Gasteiger partial charge in [0.2, 0.25) is 15.9 Å². The third kappa shape index (κ3) is 5.18. The molecule has 30 heavy (non-hydrogen) atoms. The number of amides is 1. The summed E-state index contributed by atoms with van der Waals surface area (Å²) in [5.74, 6) is -2.92. The van der Waals surface area contributed by atoms with Gasteiger partial charge in [-0.3, -0.25) is 9.69 Å². The monoisotopic (exact) mass is 441 g/mol. The summed E-state index contributed by atoms with van der Waals surface area (Å²) in [6.07, 6.45) is 0. The first-order chi connectivity index (χ1) is 14.2. The lowest BCUT2D eigenvalue weighted by Gasteiger charge is -2.33. The minimum Gasteiger partial charge on any atom is -0.348 e. The van der Waals surface area contributed by atoms with Gasteiger partial charge in [0, 0.05) is 26.2 Å². The number of nitrogens with one attached hydrogen (secondary N) is 1. The second-order valence-electron chi connectivity index (χ2n) is 7.10. The highest BCUT2D eigenvalue weighted by Crippen LogP contribution is 2.20. The first-order valence-corrected chi connectivity index (χ1v) is 10.8. The summed E-state index contributed by atoms with van der Waals surface area (Å²) in [5.41, 5.74) is 0.771. The van der Waals surface area contributed by atoms with E-state index in [0.717, 1.165) is 17.7 Å². The van der Waals surface area contributed by atoms with E-state index in [1.165, 1.54) is 16.4 Å². The molecule has 1 atom stereocenters. The van der Waals surface area contributed by atoms with E-state index in [9.17, 15) is 26.4 Å². The number of carbonyl (C=O) groups is 1. The minimum atomic E-state index is -3.94. The maximum atomic E-state index is 13.4. The molecule has 6 nitrogen and oxygen atoms in total. The van der Waals surface area contributed by atoms with Crippen LogP contribution in [0, 0.1) is 17.5 Å². The van der Waals surface area contributed by atoms with Gasteiger partial charge in [0.05, 0.1) is 17.5 Å². The molecule has 0 aromatic heterocycles. The molecule has 0 saturated carbocycles. The van der Waals surface area contributed by atoms with Gasteiger partial charge in [-0.05, 0) is 42.8 Å². The van der Waals surface area contributed by atoms with Crippen LogP contribution >= 0.6 is 0 Å². The quantitative estimate of drug-likeness (QED) is 0.747. The van der Waals surface area contributed by atoms with Crippen molar-refractivity contribution in [3.8, 4) is 0 Å². The summed E-state index contributed by atoms with van der Waals surface area (Å²) in [4.78, 5) is 13.8. The zero-order valence-electron chi connectivity index (χ0n) is 16.3. The zero-order valence-corrected chi connectivity index (χ0v) is 17.1. The van der Waals surface area contributed by atoms with E-state index in [1.807, 2.05) is 4.90 Å². The fourth-order valence-corrected chi connectivity index (χ4v) is 4.67. The van der Waals surface area contributed by atoms with Crippen molar-refractivity contribution in [3.63, 3.8) is 0 Å². The smallest absolute Gasteiger partial charge is 0.243 e. The normalized spacial score (nSPS) is 16.9. The highest BCUT2D eigenvalue weighted by molar-refractivity contribution is 7.89. The van der Waals surface area contributed by atoms with E-state index in [-0.39, 0.29) is 42.3 Å². The van der Waals surface area contributed by atoms with Crippen LogP contribution in [0.5, 0.6) is 0 Å². The molecule has 1 saturated heterocycles. The molecule has 2 aromatic carbocycles. The first-order valence-electron chi connectivity index (χ1n) is 9.39. The molecule has 0 aliphatic carbocycles. The number of benzene rings is 2. The third-order valence-corrected chi connectivity index (χ3v) is 6.87. The maximum Gasteiger partial charge on any atom is 0.243 e. The number of carbonyl (C=O) groups excluding carboxylic acids is 1. The predicted molar refractivity (Wildman–Crippen MR) is 105 cm³/mol. The molecule has 1 fully saturated rings. The Morgan fingerprint density at radius 2 is 1.63 bits per heavy atom. The molecule has 162 valence electrons. The van der Waals surface area contributed by atoms with E-state index in [0.29, 0.717) is 19.2 Å². The Kier molecular flexibility index (Phi) is 6.79. The van der Waals surface area contributed by atoms with Gasteiger partial charge in [0.25, 0.3) is 0 Å². The van der Waals surface area contributed by atoms with Gasteiger partial charge in [-0.25, -0.2) is 21.6 Å². The van der Waals surface area contributed by atoms with Crippen molar-refractivity contribution >= 4 is 15.9 Å². The number of piperazine rings is 1. The summed E-state index contributed by atoms with van der Waals surface area (Å²) in [6, 6.07) is 8.03. The van der Waals surface area contributed by atoms with Crippen LogP contribution < -0.4 is 5.32 Å². The highest BCUT2D eigenvalue weighted by atomic mass is 32.2. The molecule has 10 heteroatoms. The van der Waals surface area contributed by atoms with Crippen molar-refractivity contribution in [1.82, 2.24) is 14.5 Å². The van der Waals surface area contributed by atoms with Crippen molar-refractivity contribution in [3.05, 3.63) is 65.5 Å². The van der Waals surface area contributed by atoms with Crippen LogP contribution in [0.15, 0.2) is 47.4 Å². The Morgan fingerprint density at radius 1 is 1.00 bits per heavy atom. The number of nitrogens with zero attached hydrogens (tertiary/aromatic N) is 2. The number of rotatable bonds is 6. The van der Waals surface area contributed by atoms with E-state index in [2.05, 4.69) is 5.32 Å². The maximum absolute atomic E-state index is 13.4. The van der Waals surface area contributed by atoms with Gasteiger partial charge in [-0.15, -0.1) is 0 Å². The van der Waals surface area contributed by atoms with Crippen molar-refractivity contribution in [2.75, 3.05) is 32.7 Å². The van der Waals surface area contributed by atoms with Gasteiger partial charge in [-0.2, -0.15) is 4.31 Å². The van der Waals surface area contributed by atoms with Crippen molar-refractivity contribution in [2.45, 2.75) is 17.9 Å². The Hall–Kier alpha value is -2.43. The predicted octanol–water partition coefficient (Wildman–Crippen LogP) is 2.29. The van der Waals surface area contributed by atoms with Crippen molar-refractivity contribution < 1.29 is 26.4 Å². The molecule has 1 N–H and O–H groups in total. The van der Waals surface area contributed by atoms with Crippen LogP contribution in [0.4, 0.5) is 13.2 Å². The van der Waals surface area contributed by atoms with Gasteiger partial charge in [0.1, 0.15) is 5.82 Å². The van der Waals surface area contributed by atoms with Crippen molar-refractivity contribution in [1.29, 1.82) is 0 Å². The molecule has 1 unspecified atom stereocenters. The molecule has 1 aliphatic heterocycles. The fraction of sp³-hybridized carbons (Fsp3) is 0.350. The molecule has 3 rings (SSSR count). The lowest BCUT2D eigenvalue weighted by Crippen LogP contribution is -2.51. The molecule has 0 radical (unpaired) electrons. The summed E-state index contributed by atoms with van der Waals surface area (Å²) in [6.45, 7) is 2.77. The van der Waals surface area contributed by atoms with Crippen LogP contribution in [0.1, 0.15) is 18.5 Å². The van der Waals surface area contributed by atoms with Gasteiger partial charge >= 0.3 is 0 Å². The van der Waals surface area contributed by atoms with Crippen LogP contribution in [0.2, 0.25) is 0 Å². The van der Waals surface area contributed by atoms with Gasteiger partial charge in [-0.1, -0.05) is 12.1 Å². The summed E-state index contributed by atoms with van der Waals surface area (Å²) in [7, 11) is -3.94. The topological polar surface area (TPSA) is 69.7 Å². The highest BCUT2D eigenvalue weighted by Gasteiger charge is 2.29. The second-order valence-corrected chi connectivity index (χ2v) is 9.03. The number of hydrogen-bond acceptors (Lipinski definition) is 4. The van der Waals surface area contributed by atoms with Gasteiger partial charge in [0.15, 0.2) is 11.6 Å². The van der Waals surface area contributed by atoms with Gasteiger partial charge < -0.3 is 5.32 Å². The zero-order chi connectivity index (χ0) is 21.9. The van der Waals surface area contributed by atoms with E-state index in [1.54, 1.807) is 19.1 Å². The number of halogens is 3. The molecule has 0 spiro atoms. The largest absolute Gasteiger partial charge is 0.348 e. The average molecular weight is 441 g/mol. The lowest BCUT2D eigenvalue weighted by atomic mass is 10.1. The summed E-state index contributed by atoms with van der Waals surface area (Å²) >= 11 is 0. The van der Waals surface area contributed by atoms with E-state index >= 15 is 0 Å². The number of sulfonamides is 1. The third-order valence-electron chi connectivity index (χ3n) is 4.97. The van der Waals surface area contributed by atoms with Crippen LogP contribution in [-0.4, -0.2) is 56.3 Å². The second kappa shape index (κ2) is 9.15. The molecule has 1 aliphatic rings. The summed E-state index contributed by atoms with van der Waals surface area (Å²) < 4.78 is 65.9. The molecular formula is C20H22F3N3O3S. The molecular weight excluding hydrogens is 419 g/mol. The molecule has 1 amide bonds. The first kappa shape index (κ1) is 22.3. The molecule has 0 bridgehead atoms. The van der Waals surface area contributed by atoms with E-state index in [4.69, 9.17) is 0 Å². The summed E-state index contributed by atoms with van der Waals surface area (Å²) in [5, 5.41) is 2.83. The number of hydrogen-bond donors (Lipinski definition) is 1. The van der Waals surface area contributed by atoms with Crippen LogP contribution in [0.25, 0.3) is 0 Å². The Morgan fingerprint density at radius 3 is 2.23 bits per heavy atom. The SMILES string of the molecule is CC(NC(=O)CN1CCN(S(=O)(=O)c2ccc(F)c(F)c2)CC1)c1ccc(F)cc1. The Balaban J connectivity index is 1.53. The van der Waals surface area contributed by atoms with Crippen LogP contribution in [-0.2, 0) is 14.8 Å². The fourth-order valence-electron chi connectivity index (χ4n) is 3.24. The molecule has 2 aromatic rings. The Bertz CT molecular complexity index is 1010. The minimum absolute atomic E-state index is 0.0879. The van der Waals surface area contributed by atoms with Crippen LogP contribution in [0.3, 0.4) is 0 Å². The Labute approximate surface area is 173 Å². The standard InChI is InChI=1S/C20H22F3N3O3S/c1-14(15-2-4-16(21)5-3-15)24-20(27)13-25-8-10-26(11-9-25)30(28,29)17-6-7-18(22)19(23)12-17/h2-7,12,14H,8-11,13H2,1H3,(H,24,27). The molecule has 1 heterocycles. The van der Waals surface area contributed by atoms with Crippen molar-refractivity contribution in [2.24, 2.45) is 0 Å².